The molecule has 0 amide bonds. The number of nitrogens with zero attached hydrogens (tertiary/aromatic N) is 2. The van der Waals surface area contributed by atoms with Crippen LogP contribution in [0.4, 0.5) is 30.7 Å². The molecule has 0 saturated carbocycles. The molecule has 2 atom stereocenters. The summed E-state index contributed by atoms with van der Waals surface area (Å²) >= 11 is 0. The molecule has 2 unspecified atom stereocenters. The zero-order valence-corrected chi connectivity index (χ0v) is 26.5. The summed E-state index contributed by atoms with van der Waals surface area (Å²) in [5, 5.41) is 0. The first-order chi connectivity index (χ1) is 20.3. The number of aryl methyl sites for hydroxylation is 1. The molecule has 0 saturated heterocycles. The van der Waals surface area contributed by atoms with E-state index >= 15 is 0 Å². The Bertz CT molecular complexity index is 1040. The zero-order chi connectivity index (χ0) is 33.3. The number of carbonyl (C=O) groups excluding carboxylic acids is 1. The number of benzene rings is 1. The standard InChI is InChI=1S/C31H47F7N2O4/c1-22(2)27-25-9-8-24(32)16-23(25)10-11-29(27,44-26(41)17-30(33,34)35)12-15-39(4)13-7-14-40(19-31(36,37)38)18-28(3,20-42-5)21-43-6/h8-9,16,22,27H,7,10-15,17-21H2,1-6H3. The van der Waals surface area contributed by atoms with E-state index in [1.807, 2.05) is 18.7 Å². The minimum atomic E-state index is -4.73. The van der Waals surface area contributed by atoms with Crippen molar-refractivity contribution in [3.8, 4) is 0 Å². The number of alkyl halides is 6. The van der Waals surface area contributed by atoms with Crippen molar-refractivity contribution in [2.75, 3.05) is 67.2 Å². The van der Waals surface area contributed by atoms with Gasteiger partial charge in [-0.3, -0.25) is 9.69 Å². The molecule has 0 spiro atoms. The second-order valence-corrected chi connectivity index (χ2v) is 12.8. The second-order valence-electron chi connectivity index (χ2n) is 12.8. The Hall–Kier alpha value is -1.96. The van der Waals surface area contributed by atoms with Crippen molar-refractivity contribution in [3.63, 3.8) is 0 Å². The number of hydrogen-bond acceptors (Lipinski definition) is 6. The van der Waals surface area contributed by atoms with Crippen LogP contribution in [-0.2, 0) is 25.4 Å². The number of rotatable bonds is 17. The topological polar surface area (TPSA) is 51.2 Å². The van der Waals surface area contributed by atoms with Crippen LogP contribution in [0.15, 0.2) is 18.2 Å². The molecule has 1 aromatic carbocycles. The Kier molecular flexibility index (Phi) is 13.9. The van der Waals surface area contributed by atoms with Crippen LogP contribution in [-0.4, -0.2) is 101 Å². The van der Waals surface area contributed by atoms with Crippen LogP contribution in [0.2, 0.25) is 0 Å². The summed E-state index contributed by atoms with van der Waals surface area (Å²) in [6.45, 7) is 5.89. The lowest BCUT2D eigenvalue weighted by atomic mass is 9.65. The van der Waals surface area contributed by atoms with Gasteiger partial charge in [0, 0.05) is 45.1 Å². The van der Waals surface area contributed by atoms with Gasteiger partial charge in [0.15, 0.2) is 0 Å². The predicted octanol–water partition coefficient (Wildman–Crippen LogP) is 6.62. The Morgan fingerprint density at radius 3 is 2.18 bits per heavy atom. The first kappa shape index (κ1) is 38.2. The van der Waals surface area contributed by atoms with Gasteiger partial charge in [-0.2, -0.15) is 26.3 Å². The van der Waals surface area contributed by atoms with Crippen LogP contribution in [0, 0.1) is 17.2 Å². The van der Waals surface area contributed by atoms with Gasteiger partial charge in [-0.1, -0.05) is 26.8 Å². The Morgan fingerprint density at radius 1 is 1.00 bits per heavy atom. The molecule has 1 aliphatic rings. The molecule has 0 fully saturated rings. The first-order valence-electron chi connectivity index (χ1n) is 14.8. The third-order valence-electron chi connectivity index (χ3n) is 8.08. The lowest BCUT2D eigenvalue weighted by Gasteiger charge is -2.47. The lowest BCUT2D eigenvalue weighted by molar-refractivity contribution is -0.189. The molecule has 0 N–H and O–H groups in total. The van der Waals surface area contributed by atoms with E-state index in [-0.39, 0.29) is 45.1 Å². The predicted molar refractivity (Wildman–Crippen MR) is 153 cm³/mol. The van der Waals surface area contributed by atoms with Crippen LogP contribution < -0.4 is 0 Å². The average molecular weight is 645 g/mol. The summed E-state index contributed by atoms with van der Waals surface area (Å²) in [6.07, 6.45) is -9.70. The molecule has 0 bridgehead atoms. The molecule has 1 aromatic rings. The maximum atomic E-state index is 14.0. The van der Waals surface area contributed by atoms with E-state index in [1.165, 1.54) is 31.3 Å². The van der Waals surface area contributed by atoms with E-state index in [0.717, 1.165) is 11.1 Å². The molecule has 0 aliphatic heterocycles. The SMILES string of the molecule is COCC(C)(COC)CN(CCCN(C)CCC1(OC(=O)CC(F)(F)F)CCc2cc(F)ccc2C1C(C)C)CC(F)(F)F. The van der Waals surface area contributed by atoms with Gasteiger partial charge < -0.3 is 19.1 Å². The number of fused-ring (bicyclic) bond motifs is 1. The fourth-order valence-electron chi connectivity index (χ4n) is 6.61. The van der Waals surface area contributed by atoms with Crippen LogP contribution in [0.1, 0.15) is 63.5 Å². The minimum Gasteiger partial charge on any atom is -0.458 e. The van der Waals surface area contributed by atoms with Gasteiger partial charge in [0.05, 0.1) is 19.8 Å². The number of methoxy groups -OCH3 is 2. The molecule has 0 aromatic heterocycles. The molecule has 0 heterocycles. The third kappa shape index (κ3) is 12.1. The minimum absolute atomic E-state index is 0.103. The third-order valence-corrected chi connectivity index (χ3v) is 8.08. The van der Waals surface area contributed by atoms with Crippen molar-refractivity contribution >= 4 is 5.97 Å². The lowest BCUT2D eigenvalue weighted by Crippen LogP contribution is -2.49. The summed E-state index contributed by atoms with van der Waals surface area (Å²) in [5.74, 6) is -2.40. The number of esters is 1. The Balaban J connectivity index is 2.19. The van der Waals surface area contributed by atoms with Crippen LogP contribution in [0.3, 0.4) is 0 Å². The van der Waals surface area contributed by atoms with Crippen molar-refractivity contribution in [2.24, 2.45) is 11.3 Å². The van der Waals surface area contributed by atoms with Gasteiger partial charge in [-0.05, 0) is 68.6 Å². The van der Waals surface area contributed by atoms with Crippen molar-refractivity contribution in [3.05, 3.63) is 35.1 Å². The van der Waals surface area contributed by atoms with Gasteiger partial charge >= 0.3 is 18.3 Å². The largest absolute Gasteiger partial charge is 0.458 e. The highest BCUT2D eigenvalue weighted by Gasteiger charge is 2.49. The smallest absolute Gasteiger partial charge is 0.401 e. The second kappa shape index (κ2) is 16.0. The Morgan fingerprint density at radius 2 is 1.64 bits per heavy atom. The summed E-state index contributed by atoms with van der Waals surface area (Å²) in [6, 6.07) is 4.32. The summed E-state index contributed by atoms with van der Waals surface area (Å²) in [7, 11) is 4.74. The normalized spacial score (nSPS) is 19.6. The fraction of sp³-hybridized carbons (Fsp3) is 0.774. The van der Waals surface area contributed by atoms with E-state index in [4.69, 9.17) is 14.2 Å². The van der Waals surface area contributed by atoms with Gasteiger partial charge in [0.1, 0.15) is 17.8 Å². The van der Waals surface area contributed by atoms with Gasteiger partial charge in [-0.25, -0.2) is 4.39 Å². The number of carbonyl (C=O) groups is 1. The Labute approximate surface area is 256 Å². The highest BCUT2D eigenvalue weighted by molar-refractivity contribution is 5.71. The van der Waals surface area contributed by atoms with E-state index in [0.29, 0.717) is 25.9 Å². The fourth-order valence-corrected chi connectivity index (χ4v) is 6.61. The molecule has 6 nitrogen and oxygen atoms in total. The average Bonchev–Trinajstić information content (AvgIpc) is 2.85. The summed E-state index contributed by atoms with van der Waals surface area (Å²) < 4.78 is 110. The molecule has 254 valence electrons. The van der Waals surface area contributed by atoms with E-state index < -0.39 is 54.0 Å². The van der Waals surface area contributed by atoms with Crippen LogP contribution in [0.5, 0.6) is 0 Å². The van der Waals surface area contributed by atoms with E-state index in [9.17, 15) is 35.5 Å². The van der Waals surface area contributed by atoms with Gasteiger partial charge in [0.25, 0.3) is 0 Å². The number of hydrogen-bond donors (Lipinski definition) is 0. The zero-order valence-electron chi connectivity index (χ0n) is 26.5. The van der Waals surface area contributed by atoms with Crippen molar-refractivity contribution in [1.29, 1.82) is 0 Å². The highest BCUT2D eigenvalue weighted by Crippen LogP contribution is 2.48. The first-order valence-corrected chi connectivity index (χ1v) is 14.8. The molecule has 13 heteroatoms. The maximum Gasteiger partial charge on any atom is 0.401 e. The van der Waals surface area contributed by atoms with Gasteiger partial charge in [0.2, 0.25) is 0 Å². The van der Waals surface area contributed by atoms with Crippen molar-refractivity contribution in [2.45, 2.75) is 76.7 Å². The van der Waals surface area contributed by atoms with Crippen molar-refractivity contribution in [1.82, 2.24) is 9.80 Å². The van der Waals surface area contributed by atoms with Crippen LogP contribution in [0.25, 0.3) is 0 Å². The van der Waals surface area contributed by atoms with Crippen molar-refractivity contribution < 1.29 is 49.7 Å². The number of ether oxygens (including phenoxy) is 3. The summed E-state index contributed by atoms with van der Waals surface area (Å²) in [5.41, 5.74) is -0.439. The van der Waals surface area contributed by atoms with E-state index in [2.05, 4.69) is 0 Å². The monoisotopic (exact) mass is 644 g/mol. The summed E-state index contributed by atoms with van der Waals surface area (Å²) in [4.78, 5) is 15.8. The maximum absolute atomic E-state index is 14.0. The molecule has 1 aliphatic carbocycles. The van der Waals surface area contributed by atoms with Crippen LogP contribution >= 0.6 is 0 Å². The molecular formula is C31H47F7N2O4. The highest BCUT2D eigenvalue weighted by atomic mass is 19.4. The number of halogens is 7. The quantitative estimate of drug-likeness (QED) is 0.140. The van der Waals surface area contributed by atoms with Gasteiger partial charge in [-0.15, -0.1) is 0 Å². The molecule has 0 radical (unpaired) electrons. The molecular weight excluding hydrogens is 597 g/mol. The van der Waals surface area contributed by atoms with E-state index in [1.54, 1.807) is 20.0 Å². The molecule has 2 rings (SSSR count). The molecule has 44 heavy (non-hydrogen) atoms.